The lowest BCUT2D eigenvalue weighted by Crippen LogP contribution is -2.64. The minimum Gasteiger partial charge on any atom is -0.828 e. The van der Waals surface area contributed by atoms with Crippen molar-refractivity contribution in [3.63, 3.8) is 0 Å². The first kappa shape index (κ1) is 28.4. The number of hydrogen-bond donors (Lipinski definition) is 0. The van der Waals surface area contributed by atoms with Crippen molar-refractivity contribution < 1.29 is 47.9 Å². The Bertz CT molecular complexity index is 1150. The minimum absolute atomic E-state index is 0.650. The first-order chi connectivity index (χ1) is 18.2. The molecular weight excluding hydrogens is 496 g/mol. The lowest BCUT2D eigenvalue weighted by atomic mass is 9.99. The second-order valence-electron chi connectivity index (χ2n) is 8.30. The number of carbonyl (C=O) groups is 3. The molecular formula is C28H29O10-. The average Bonchev–Trinajstić information content (AvgIpc) is 2.91. The highest BCUT2D eigenvalue weighted by Gasteiger charge is 2.46. The van der Waals surface area contributed by atoms with Crippen molar-refractivity contribution in [1.82, 2.24) is 0 Å². The van der Waals surface area contributed by atoms with Crippen molar-refractivity contribution in [2.75, 3.05) is 14.2 Å². The van der Waals surface area contributed by atoms with Gasteiger partial charge in [0, 0.05) is 25.4 Å². The Hall–Kier alpha value is -4.15. The van der Waals surface area contributed by atoms with Gasteiger partial charge in [0.2, 0.25) is 0 Å². The van der Waals surface area contributed by atoms with Crippen molar-refractivity contribution >= 4 is 30.1 Å². The smallest absolute Gasteiger partial charge is 0.331 e. The molecule has 0 saturated carbocycles. The summed E-state index contributed by atoms with van der Waals surface area (Å²) in [5.74, 6) is -1.08. The van der Waals surface area contributed by atoms with Crippen LogP contribution in [0.5, 0.6) is 11.5 Å². The number of rotatable bonds is 9. The zero-order chi connectivity index (χ0) is 27.7. The molecule has 5 atom stereocenters. The van der Waals surface area contributed by atoms with Gasteiger partial charge in [0.1, 0.15) is 11.5 Å². The van der Waals surface area contributed by atoms with E-state index in [9.17, 15) is 19.5 Å². The molecule has 202 valence electrons. The highest BCUT2D eigenvalue weighted by Crippen LogP contribution is 2.27. The number of ether oxygens (including phenoxy) is 6. The standard InChI is InChI=1S/C28H29O10/c1-17-25(37-23(30)15-9-19-5-11-21(33-3)12-6-19)26(27(28(32)35-17)36-18(2)29)38-24(31)16-10-20-7-13-22(34-4)14-8-20/h5-17,25-28H,1-4H3/q-1/b15-9+,16-10+/t17-,25-,26+,27+,28+/m0/s1. The van der Waals surface area contributed by atoms with E-state index in [0.29, 0.717) is 22.6 Å². The zero-order valence-electron chi connectivity index (χ0n) is 21.4. The van der Waals surface area contributed by atoms with Crippen LogP contribution in [-0.4, -0.2) is 62.8 Å². The molecule has 0 bridgehead atoms. The topological polar surface area (TPSA) is 130 Å². The van der Waals surface area contributed by atoms with Gasteiger partial charge in [-0.2, -0.15) is 0 Å². The van der Waals surface area contributed by atoms with Crippen molar-refractivity contribution in [3.05, 3.63) is 71.8 Å². The third kappa shape index (κ3) is 7.92. The normalized spacial score (nSPS) is 23.1. The molecule has 38 heavy (non-hydrogen) atoms. The molecule has 2 aromatic rings. The van der Waals surface area contributed by atoms with Gasteiger partial charge in [-0.25, -0.2) is 9.59 Å². The Morgan fingerprint density at radius 1 is 0.737 bits per heavy atom. The van der Waals surface area contributed by atoms with Crippen molar-refractivity contribution in [1.29, 1.82) is 0 Å². The van der Waals surface area contributed by atoms with E-state index >= 15 is 0 Å². The van der Waals surface area contributed by atoms with Gasteiger partial charge in [-0.1, -0.05) is 24.3 Å². The molecule has 1 aliphatic rings. The highest BCUT2D eigenvalue weighted by molar-refractivity contribution is 5.88. The Kier molecular flexibility index (Phi) is 10.0. The summed E-state index contributed by atoms with van der Waals surface area (Å²) in [6.07, 6.45) is -1.63. The van der Waals surface area contributed by atoms with Crippen LogP contribution in [0.25, 0.3) is 12.2 Å². The third-order valence-corrected chi connectivity index (χ3v) is 5.59. The molecule has 0 aromatic heterocycles. The Morgan fingerprint density at radius 2 is 1.18 bits per heavy atom. The molecule has 0 amide bonds. The number of esters is 3. The van der Waals surface area contributed by atoms with Crippen LogP contribution in [0, 0.1) is 0 Å². The monoisotopic (exact) mass is 525 g/mol. The quantitative estimate of drug-likeness (QED) is 0.273. The summed E-state index contributed by atoms with van der Waals surface area (Å²) in [6, 6.07) is 13.9. The van der Waals surface area contributed by atoms with Crippen LogP contribution in [0.15, 0.2) is 60.7 Å². The van der Waals surface area contributed by atoms with Gasteiger partial charge in [-0.05, 0) is 54.5 Å². The fourth-order valence-corrected chi connectivity index (χ4v) is 3.69. The van der Waals surface area contributed by atoms with Crippen molar-refractivity contribution in [3.8, 4) is 11.5 Å². The predicted molar refractivity (Wildman–Crippen MR) is 134 cm³/mol. The number of methoxy groups -OCH3 is 2. The second-order valence-corrected chi connectivity index (χ2v) is 8.30. The van der Waals surface area contributed by atoms with E-state index in [1.165, 1.54) is 32.3 Å². The van der Waals surface area contributed by atoms with E-state index in [2.05, 4.69) is 0 Å². The molecule has 0 unspecified atom stereocenters. The molecule has 1 aliphatic heterocycles. The molecule has 0 spiro atoms. The molecule has 10 heteroatoms. The Morgan fingerprint density at radius 3 is 1.61 bits per heavy atom. The van der Waals surface area contributed by atoms with Gasteiger partial charge in [0.15, 0.2) is 18.3 Å². The van der Waals surface area contributed by atoms with E-state index in [1.54, 1.807) is 55.6 Å². The fourth-order valence-electron chi connectivity index (χ4n) is 3.69. The maximum Gasteiger partial charge on any atom is 0.331 e. The molecule has 1 saturated heterocycles. The largest absolute Gasteiger partial charge is 0.828 e. The van der Waals surface area contributed by atoms with Gasteiger partial charge in [-0.3, -0.25) is 4.79 Å². The predicted octanol–water partition coefficient (Wildman–Crippen LogP) is 2.29. The first-order valence-corrected chi connectivity index (χ1v) is 11.7. The molecule has 0 N–H and O–H groups in total. The van der Waals surface area contributed by atoms with E-state index in [-0.39, 0.29) is 0 Å². The number of carbonyl (C=O) groups excluding carboxylic acids is 3. The van der Waals surface area contributed by atoms with E-state index in [1.807, 2.05) is 0 Å². The number of hydrogen-bond acceptors (Lipinski definition) is 10. The molecule has 3 rings (SSSR count). The summed E-state index contributed by atoms with van der Waals surface area (Å²) in [4.78, 5) is 36.9. The number of benzene rings is 2. The van der Waals surface area contributed by atoms with Crippen LogP contribution in [0.1, 0.15) is 25.0 Å². The SMILES string of the molecule is COc1ccc(/C=C/C(=O)O[C@@H]2[C@@H](OC(=O)/C=C/c3ccc(OC)cc3)[C@H](C)O[C@@H]([O-])[C@@H]2OC(C)=O)cc1. The lowest BCUT2D eigenvalue weighted by Gasteiger charge is -2.46. The second kappa shape index (κ2) is 13.4. The Balaban J connectivity index is 1.76. The molecule has 1 fully saturated rings. The van der Waals surface area contributed by atoms with E-state index in [4.69, 9.17) is 28.4 Å². The highest BCUT2D eigenvalue weighted by atomic mass is 16.7. The van der Waals surface area contributed by atoms with Crippen LogP contribution in [0.3, 0.4) is 0 Å². The van der Waals surface area contributed by atoms with Crippen LogP contribution in [-0.2, 0) is 33.3 Å². The van der Waals surface area contributed by atoms with Crippen LogP contribution in [0.4, 0.5) is 0 Å². The summed E-state index contributed by atoms with van der Waals surface area (Å²) in [5, 5.41) is 12.6. The van der Waals surface area contributed by atoms with Gasteiger partial charge < -0.3 is 33.5 Å². The van der Waals surface area contributed by atoms with Crippen LogP contribution >= 0.6 is 0 Å². The maximum absolute atomic E-state index is 12.7. The molecule has 2 aromatic carbocycles. The Labute approximate surface area is 220 Å². The summed E-state index contributed by atoms with van der Waals surface area (Å²) >= 11 is 0. The van der Waals surface area contributed by atoms with Crippen molar-refractivity contribution in [2.24, 2.45) is 0 Å². The van der Waals surface area contributed by atoms with Gasteiger partial charge in [-0.15, -0.1) is 0 Å². The first-order valence-electron chi connectivity index (χ1n) is 11.7. The van der Waals surface area contributed by atoms with Crippen LogP contribution in [0.2, 0.25) is 0 Å². The van der Waals surface area contributed by atoms with E-state index in [0.717, 1.165) is 13.0 Å². The lowest BCUT2D eigenvalue weighted by molar-refractivity contribution is -0.529. The summed E-state index contributed by atoms with van der Waals surface area (Å²) in [7, 11) is 3.08. The van der Waals surface area contributed by atoms with Gasteiger partial charge >= 0.3 is 17.9 Å². The summed E-state index contributed by atoms with van der Waals surface area (Å²) in [6.45, 7) is 2.60. The molecule has 0 radical (unpaired) electrons. The summed E-state index contributed by atoms with van der Waals surface area (Å²) in [5.41, 5.74) is 1.40. The van der Waals surface area contributed by atoms with Crippen LogP contribution < -0.4 is 14.6 Å². The molecule has 0 aliphatic carbocycles. The molecule has 1 heterocycles. The maximum atomic E-state index is 12.7. The average molecular weight is 526 g/mol. The van der Waals surface area contributed by atoms with E-state index < -0.39 is 48.6 Å². The third-order valence-electron chi connectivity index (χ3n) is 5.59. The molecule has 10 nitrogen and oxygen atoms in total. The minimum atomic E-state index is -1.86. The zero-order valence-corrected chi connectivity index (χ0v) is 21.4. The summed E-state index contributed by atoms with van der Waals surface area (Å²) < 4.78 is 31.6. The fraction of sp³-hybridized carbons (Fsp3) is 0.321. The van der Waals surface area contributed by atoms with Crippen molar-refractivity contribution in [2.45, 2.75) is 44.6 Å². The van der Waals surface area contributed by atoms with Gasteiger partial charge in [0.25, 0.3) is 0 Å². The van der Waals surface area contributed by atoms with Gasteiger partial charge in [0.05, 0.1) is 20.3 Å².